The smallest absolute Gasteiger partial charge is 0.322 e. The molecular weight excluding hydrogens is 312 g/mol. The van der Waals surface area contributed by atoms with Gasteiger partial charge in [0.05, 0.1) is 6.10 Å². The third-order valence-electron chi connectivity index (χ3n) is 5.62. The van der Waals surface area contributed by atoms with Gasteiger partial charge in [0.15, 0.2) is 0 Å². The van der Waals surface area contributed by atoms with Crippen LogP contribution >= 0.6 is 0 Å². The molecule has 2 amide bonds. The number of likely N-dealkylation sites (tertiary alicyclic amines) is 1. The maximum Gasteiger partial charge on any atom is 0.322 e. The Labute approximate surface area is 148 Å². The fourth-order valence-electron chi connectivity index (χ4n) is 4.49. The van der Waals surface area contributed by atoms with E-state index in [0.29, 0.717) is 11.8 Å². The highest BCUT2D eigenvalue weighted by Gasteiger charge is 2.48. The van der Waals surface area contributed by atoms with Gasteiger partial charge in [-0.15, -0.1) is 0 Å². The molecule has 1 heterocycles. The molecule has 130 valence electrons. The summed E-state index contributed by atoms with van der Waals surface area (Å²) in [6, 6.07) is 20.0. The molecule has 2 aromatic rings. The lowest BCUT2D eigenvalue weighted by atomic mass is 9.90. The average Bonchev–Trinajstić information content (AvgIpc) is 3.14. The molecule has 1 saturated carbocycles. The van der Waals surface area contributed by atoms with Crippen LogP contribution in [0.4, 0.5) is 10.5 Å². The molecule has 0 spiro atoms. The Morgan fingerprint density at radius 3 is 2.44 bits per heavy atom. The Balaban J connectivity index is 1.53. The third kappa shape index (κ3) is 3.40. The SMILES string of the molecule is O=C(Nc1ccccc1)N1CC2CC(O)CC2C1Cc1ccccc1. The normalized spacial score (nSPS) is 28.0. The van der Waals surface area contributed by atoms with Crippen LogP contribution in [0.1, 0.15) is 18.4 Å². The van der Waals surface area contributed by atoms with Gasteiger partial charge in [-0.2, -0.15) is 0 Å². The number of aliphatic hydroxyl groups is 1. The third-order valence-corrected chi connectivity index (χ3v) is 5.62. The van der Waals surface area contributed by atoms with E-state index in [1.54, 1.807) is 0 Å². The van der Waals surface area contributed by atoms with E-state index in [1.807, 2.05) is 53.4 Å². The van der Waals surface area contributed by atoms with Crippen LogP contribution in [-0.2, 0) is 6.42 Å². The first kappa shape index (κ1) is 16.2. The zero-order valence-corrected chi connectivity index (χ0v) is 14.2. The van der Waals surface area contributed by atoms with Gasteiger partial charge < -0.3 is 15.3 Å². The van der Waals surface area contributed by atoms with Gasteiger partial charge in [-0.1, -0.05) is 48.5 Å². The first-order chi connectivity index (χ1) is 12.2. The molecule has 2 aliphatic rings. The van der Waals surface area contributed by atoms with Crippen molar-refractivity contribution in [2.24, 2.45) is 11.8 Å². The lowest BCUT2D eigenvalue weighted by molar-refractivity contribution is 0.150. The van der Waals surface area contributed by atoms with Gasteiger partial charge in [-0.05, 0) is 48.8 Å². The number of rotatable bonds is 3. The van der Waals surface area contributed by atoms with E-state index >= 15 is 0 Å². The van der Waals surface area contributed by atoms with Crippen molar-refractivity contribution in [2.45, 2.75) is 31.4 Å². The topological polar surface area (TPSA) is 52.6 Å². The van der Waals surface area contributed by atoms with Crippen LogP contribution in [0.2, 0.25) is 0 Å². The molecular formula is C21H24N2O2. The molecule has 2 N–H and O–H groups in total. The second kappa shape index (κ2) is 6.89. The van der Waals surface area contributed by atoms with Gasteiger partial charge in [-0.25, -0.2) is 4.79 Å². The van der Waals surface area contributed by atoms with Gasteiger partial charge >= 0.3 is 6.03 Å². The summed E-state index contributed by atoms with van der Waals surface area (Å²) in [5.41, 5.74) is 2.06. The molecule has 0 aromatic heterocycles. The Kier molecular flexibility index (Phi) is 4.45. The highest BCUT2D eigenvalue weighted by atomic mass is 16.3. The number of hydrogen-bond donors (Lipinski definition) is 2. The minimum absolute atomic E-state index is 0.0315. The van der Waals surface area contributed by atoms with Gasteiger partial charge in [0.2, 0.25) is 0 Å². The van der Waals surface area contributed by atoms with Gasteiger partial charge in [0, 0.05) is 18.3 Å². The number of amides is 2. The number of para-hydroxylation sites is 1. The summed E-state index contributed by atoms with van der Waals surface area (Å²) in [6.45, 7) is 0.734. The number of hydrogen-bond acceptors (Lipinski definition) is 2. The van der Waals surface area contributed by atoms with Crippen molar-refractivity contribution in [3.8, 4) is 0 Å². The number of fused-ring (bicyclic) bond motifs is 1. The van der Waals surface area contributed by atoms with Crippen molar-refractivity contribution < 1.29 is 9.90 Å². The predicted molar refractivity (Wildman–Crippen MR) is 98.3 cm³/mol. The van der Waals surface area contributed by atoms with Crippen LogP contribution in [0.5, 0.6) is 0 Å². The van der Waals surface area contributed by atoms with E-state index in [2.05, 4.69) is 17.4 Å². The number of carbonyl (C=O) groups is 1. The number of anilines is 1. The lowest BCUT2D eigenvalue weighted by Gasteiger charge is -2.28. The lowest BCUT2D eigenvalue weighted by Crippen LogP contribution is -2.42. The summed E-state index contributed by atoms with van der Waals surface area (Å²) in [4.78, 5) is 14.9. The molecule has 0 radical (unpaired) electrons. The van der Waals surface area contributed by atoms with Crippen LogP contribution in [0.25, 0.3) is 0 Å². The van der Waals surface area contributed by atoms with Crippen molar-refractivity contribution in [1.82, 2.24) is 4.90 Å². The predicted octanol–water partition coefficient (Wildman–Crippen LogP) is 3.53. The molecule has 25 heavy (non-hydrogen) atoms. The number of carbonyl (C=O) groups excluding carboxylic acids is 1. The monoisotopic (exact) mass is 336 g/mol. The fourth-order valence-corrected chi connectivity index (χ4v) is 4.49. The number of urea groups is 1. The minimum atomic E-state index is -0.215. The van der Waals surface area contributed by atoms with Crippen molar-refractivity contribution in [2.75, 3.05) is 11.9 Å². The zero-order chi connectivity index (χ0) is 17.2. The van der Waals surface area contributed by atoms with Crippen LogP contribution in [0.15, 0.2) is 60.7 Å². The molecule has 4 atom stereocenters. The van der Waals surface area contributed by atoms with E-state index in [-0.39, 0.29) is 18.2 Å². The highest BCUT2D eigenvalue weighted by molar-refractivity contribution is 5.89. The molecule has 4 unspecified atom stereocenters. The summed E-state index contributed by atoms with van der Waals surface area (Å²) in [5.74, 6) is 0.793. The molecule has 4 heteroatoms. The maximum absolute atomic E-state index is 12.9. The summed E-state index contributed by atoms with van der Waals surface area (Å²) in [5, 5.41) is 13.1. The Hall–Kier alpha value is -2.33. The number of nitrogens with one attached hydrogen (secondary N) is 1. The standard InChI is InChI=1S/C21H24N2O2/c24-18-12-16-14-23(21(25)22-17-9-5-2-6-10-17)20(19(16)13-18)11-15-7-3-1-4-8-15/h1-10,16,18-20,24H,11-14H2,(H,22,25). The highest BCUT2D eigenvalue weighted by Crippen LogP contribution is 2.43. The summed E-state index contributed by atoms with van der Waals surface area (Å²) in [6.07, 6.45) is 2.24. The summed E-state index contributed by atoms with van der Waals surface area (Å²) < 4.78 is 0. The molecule has 2 aromatic carbocycles. The van der Waals surface area contributed by atoms with Crippen molar-refractivity contribution in [1.29, 1.82) is 0 Å². The molecule has 1 aliphatic carbocycles. The Bertz CT molecular complexity index is 719. The van der Waals surface area contributed by atoms with Crippen molar-refractivity contribution >= 4 is 11.7 Å². The number of benzene rings is 2. The van der Waals surface area contributed by atoms with E-state index in [0.717, 1.165) is 31.5 Å². The van der Waals surface area contributed by atoms with E-state index < -0.39 is 0 Å². The van der Waals surface area contributed by atoms with Crippen LogP contribution in [0.3, 0.4) is 0 Å². The molecule has 2 fully saturated rings. The summed E-state index contributed by atoms with van der Waals surface area (Å²) >= 11 is 0. The Morgan fingerprint density at radius 1 is 1.04 bits per heavy atom. The largest absolute Gasteiger partial charge is 0.393 e. The number of aliphatic hydroxyl groups excluding tert-OH is 1. The zero-order valence-electron chi connectivity index (χ0n) is 14.2. The van der Waals surface area contributed by atoms with Gasteiger partial charge in [-0.3, -0.25) is 0 Å². The van der Waals surface area contributed by atoms with Crippen LogP contribution < -0.4 is 5.32 Å². The van der Waals surface area contributed by atoms with E-state index in [1.165, 1.54) is 5.56 Å². The fraction of sp³-hybridized carbons (Fsp3) is 0.381. The summed E-state index contributed by atoms with van der Waals surface area (Å²) in [7, 11) is 0. The second-order valence-electron chi connectivity index (χ2n) is 7.25. The van der Waals surface area contributed by atoms with Crippen LogP contribution in [0, 0.1) is 11.8 Å². The Morgan fingerprint density at radius 2 is 1.72 bits per heavy atom. The molecule has 1 saturated heterocycles. The quantitative estimate of drug-likeness (QED) is 0.901. The molecule has 0 bridgehead atoms. The maximum atomic E-state index is 12.9. The minimum Gasteiger partial charge on any atom is -0.393 e. The van der Waals surface area contributed by atoms with Gasteiger partial charge in [0.1, 0.15) is 0 Å². The first-order valence-corrected chi connectivity index (χ1v) is 9.05. The van der Waals surface area contributed by atoms with Crippen molar-refractivity contribution in [3.05, 3.63) is 66.2 Å². The van der Waals surface area contributed by atoms with E-state index in [4.69, 9.17) is 0 Å². The van der Waals surface area contributed by atoms with Crippen molar-refractivity contribution in [3.63, 3.8) is 0 Å². The van der Waals surface area contributed by atoms with Crippen LogP contribution in [-0.4, -0.2) is 34.7 Å². The van der Waals surface area contributed by atoms with E-state index in [9.17, 15) is 9.90 Å². The molecule has 4 rings (SSSR count). The molecule has 1 aliphatic heterocycles. The van der Waals surface area contributed by atoms with Gasteiger partial charge in [0.25, 0.3) is 0 Å². The number of nitrogens with zero attached hydrogens (tertiary/aromatic N) is 1. The average molecular weight is 336 g/mol. The first-order valence-electron chi connectivity index (χ1n) is 9.05. The second-order valence-corrected chi connectivity index (χ2v) is 7.25. The molecule has 4 nitrogen and oxygen atoms in total.